The van der Waals surface area contributed by atoms with Gasteiger partial charge >= 0.3 is 5.97 Å². The summed E-state index contributed by atoms with van der Waals surface area (Å²) in [6.07, 6.45) is -0.0311. The van der Waals surface area contributed by atoms with Gasteiger partial charge in [0.25, 0.3) is 0 Å². The first-order valence-electron chi connectivity index (χ1n) is 6.08. The van der Waals surface area contributed by atoms with Gasteiger partial charge in [-0.2, -0.15) is 0 Å². The average Bonchev–Trinajstić information content (AvgIpc) is 2.67. The predicted octanol–water partition coefficient (Wildman–Crippen LogP) is 1.11. The number of anilines is 1. The number of carbonyl (C=O) groups excluding carboxylic acids is 3. The van der Waals surface area contributed by atoms with Crippen molar-refractivity contribution in [3.63, 3.8) is 0 Å². The third-order valence-electron chi connectivity index (χ3n) is 2.54. The zero-order chi connectivity index (χ0) is 15.4. The lowest BCUT2D eigenvalue weighted by Crippen LogP contribution is -2.27. The monoisotopic (exact) mass is 307 g/mol. The van der Waals surface area contributed by atoms with Crippen molar-refractivity contribution < 1.29 is 19.1 Å². The van der Waals surface area contributed by atoms with Gasteiger partial charge in [-0.05, 0) is 12.1 Å². The van der Waals surface area contributed by atoms with Gasteiger partial charge in [0.15, 0.2) is 5.17 Å². The van der Waals surface area contributed by atoms with Crippen molar-refractivity contribution in [3.05, 3.63) is 24.3 Å². The standard InChI is InChI=1S/C13H13N3O4S/c1-7(17)20-9-4-2-3-8(5-9)15-11(18)6-10-12(19)16-13(14)21-10/h2-5,10H,6H2,1H3,(H,15,18)(H2,14,16,19). The SMILES string of the molecule is CC(=O)Oc1cccc(NC(=O)CC2SC(=N)NC2=O)c1. The molecule has 0 bridgehead atoms. The van der Waals surface area contributed by atoms with Crippen LogP contribution >= 0.6 is 11.8 Å². The van der Waals surface area contributed by atoms with Gasteiger partial charge in [0.1, 0.15) is 11.0 Å². The maximum Gasteiger partial charge on any atom is 0.308 e. The van der Waals surface area contributed by atoms with Crippen LogP contribution in [0.4, 0.5) is 5.69 Å². The molecule has 1 aliphatic heterocycles. The molecule has 0 spiro atoms. The third kappa shape index (κ3) is 4.32. The molecule has 1 aromatic carbocycles. The molecule has 21 heavy (non-hydrogen) atoms. The van der Waals surface area contributed by atoms with Gasteiger partial charge in [-0.1, -0.05) is 17.8 Å². The van der Waals surface area contributed by atoms with Crippen molar-refractivity contribution in [2.75, 3.05) is 5.32 Å². The van der Waals surface area contributed by atoms with Crippen LogP contribution in [0.5, 0.6) is 5.75 Å². The second-order valence-electron chi connectivity index (χ2n) is 4.30. The Balaban J connectivity index is 1.95. The molecule has 1 heterocycles. The number of thioether (sulfide) groups is 1. The predicted molar refractivity (Wildman–Crippen MR) is 78.2 cm³/mol. The third-order valence-corrected chi connectivity index (χ3v) is 3.54. The van der Waals surface area contributed by atoms with E-state index in [9.17, 15) is 14.4 Å². The first-order valence-corrected chi connectivity index (χ1v) is 6.96. The summed E-state index contributed by atoms with van der Waals surface area (Å²) in [4.78, 5) is 34.2. The molecule has 1 fully saturated rings. The van der Waals surface area contributed by atoms with Crippen LogP contribution < -0.4 is 15.4 Å². The van der Waals surface area contributed by atoms with Crippen molar-refractivity contribution in [1.29, 1.82) is 5.41 Å². The van der Waals surface area contributed by atoms with E-state index in [1.165, 1.54) is 13.0 Å². The first-order chi connectivity index (χ1) is 9.94. The number of benzene rings is 1. The van der Waals surface area contributed by atoms with Crippen LogP contribution in [0.1, 0.15) is 13.3 Å². The first kappa shape index (κ1) is 15.0. The van der Waals surface area contributed by atoms with Gasteiger partial charge in [0, 0.05) is 25.1 Å². The van der Waals surface area contributed by atoms with E-state index < -0.39 is 11.2 Å². The number of esters is 1. The quantitative estimate of drug-likeness (QED) is 0.570. The lowest BCUT2D eigenvalue weighted by Gasteiger charge is -2.08. The molecule has 0 saturated carbocycles. The number of amides is 2. The van der Waals surface area contributed by atoms with Crippen LogP contribution in [0.15, 0.2) is 24.3 Å². The largest absolute Gasteiger partial charge is 0.427 e. The van der Waals surface area contributed by atoms with E-state index in [4.69, 9.17) is 10.1 Å². The van der Waals surface area contributed by atoms with Gasteiger partial charge < -0.3 is 15.4 Å². The van der Waals surface area contributed by atoms with E-state index in [0.29, 0.717) is 11.4 Å². The Morgan fingerprint density at radius 1 is 1.48 bits per heavy atom. The number of rotatable bonds is 4. The Bertz CT molecular complexity index is 617. The van der Waals surface area contributed by atoms with E-state index in [0.717, 1.165) is 11.8 Å². The number of hydrogen-bond acceptors (Lipinski definition) is 6. The average molecular weight is 307 g/mol. The van der Waals surface area contributed by atoms with Crippen LogP contribution in [-0.4, -0.2) is 28.2 Å². The minimum absolute atomic E-state index is 0.0311. The van der Waals surface area contributed by atoms with Gasteiger partial charge in [-0.15, -0.1) is 0 Å². The second-order valence-corrected chi connectivity index (χ2v) is 5.51. The Kier molecular flexibility index (Phi) is 4.59. The van der Waals surface area contributed by atoms with E-state index in [1.807, 2.05) is 0 Å². The minimum atomic E-state index is -0.589. The summed E-state index contributed by atoms with van der Waals surface area (Å²) < 4.78 is 4.91. The molecule has 0 aliphatic carbocycles. The molecule has 2 amide bonds. The highest BCUT2D eigenvalue weighted by molar-refractivity contribution is 8.15. The molecule has 1 saturated heterocycles. The Morgan fingerprint density at radius 3 is 2.86 bits per heavy atom. The minimum Gasteiger partial charge on any atom is -0.427 e. The second kappa shape index (κ2) is 6.40. The highest BCUT2D eigenvalue weighted by Crippen LogP contribution is 2.22. The lowest BCUT2D eigenvalue weighted by molar-refractivity contribution is -0.131. The molecule has 0 radical (unpaired) electrons. The molecule has 3 N–H and O–H groups in total. The van der Waals surface area contributed by atoms with E-state index in [-0.39, 0.29) is 23.4 Å². The van der Waals surface area contributed by atoms with Crippen molar-refractivity contribution >= 4 is 40.4 Å². The summed E-state index contributed by atoms with van der Waals surface area (Å²) in [6, 6.07) is 6.40. The maximum absolute atomic E-state index is 11.9. The van der Waals surface area contributed by atoms with Crippen LogP contribution in [0.3, 0.4) is 0 Å². The summed E-state index contributed by atoms with van der Waals surface area (Å²) in [5.74, 6) is -0.808. The van der Waals surface area contributed by atoms with E-state index >= 15 is 0 Å². The number of amidine groups is 1. The molecule has 1 unspecified atom stereocenters. The fourth-order valence-corrected chi connectivity index (χ4v) is 2.58. The highest BCUT2D eigenvalue weighted by Gasteiger charge is 2.31. The van der Waals surface area contributed by atoms with Gasteiger partial charge in [0.2, 0.25) is 11.8 Å². The number of ether oxygens (including phenoxy) is 1. The fourth-order valence-electron chi connectivity index (χ4n) is 1.74. The normalized spacial score (nSPS) is 17.3. The van der Waals surface area contributed by atoms with Crippen molar-refractivity contribution in [1.82, 2.24) is 5.32 Å². The van der Waals surface area contributed by atoms with Gasteiger partial charge in [-0.25, -0.2) is 0 Å². The molecule has 8 heteroatoms. The number of nitrogens with one attached hydrogen (secondary N) is 3. The van der Waals surface area contributed by atoms with Crippen molar-refractivity contribution in [2.45, 2.75) is 18.6 Å². The molecule has 110 valence electrons. The molecule has 1 aromatic rings. The van der Waals surface area contributed by atoms with Gasteiger partial charge in [-0.3, -0.25) is 19.8 Å². The van der Waals surface area contributed by atoms with Crippen LogP contribution in [0.25, 0.3) is 0 Å². The maximum atomic E-state index is 11.9. The lowest BCUT2D eigenvalue weighted by atomic mass is 10.2. The van der Waals surface area contributed by atoms with E-state index in [1.54, 1.807) is 18.2 Å². The molecule has 7 nitrogen and oxygen atoms in total. The summed E-state index contributed by atoms with van der Waals surface area (Å²) in [6.45, 7) is 1.29. The summed E-state index contributed by atoms with van der Waals surface area (Å²) >= 11 is 1.02. The molecule has 0 aromatic heterocycles. The molecule has 1 aliphatic rings. The van der Waals surface area contributed by atoms with Crippen LogP contribution in [0.2, 0.25) is 0 Å². The van der Waals surface area contributed by atoms with Crippen LogP contribution in [0, 0.1) is 5.41 Å². The topological polar surface area (TPSA) is 108 Å². The molecule has 1 atom stereocenters. The fraction of sp³-hybridized carbons (Fsp3) is 0.231. The number of carbonyl (C=O) groups is 3. The number of hydrogen-bond donors (Lipinski definition) is 3. The molecular formula is C13H13N3O4S. The smallest absolute Gasteiger partial charge is 0.308 e. The summed E-state index contributed by atoms with van der Waals surface area (Å²) in [7, 11) is 0. The summed E-state index contributed by atoms with van der Waals surface area (Å²) in [5, 5.41) is 11.7. The Hall–Kier alpha value is -2.35. The zero-order valence-electron chi connectivity index (χ0n) is 11.1. The Morgan fingerprint density at radius 2 is 2.24 bits per heavy atom. The zero-order valence-corrected chi connectivity index (χ0v) is 12.0. The van der Waals surface area contributed by atoms with Crippen LogP contribution in [-0.2, 0) is 14.4 Å². The van der Waals surface area contributed by atoms with Crippen molar-refractivity contribution in [2.24, 2.45) is 0 Å². The molecular weight excluding hydrogens is 294 g/mol. The highest BCUT2D eigenvalue weighted by atomic mass is 32.2. The van der Waals surface area contributed by atoms with Gasteiger partial charge in [0.05, 0.1) is 0 Å². The van der Waals surface area contributed by atoms with E-state index in [2.05, 4.69) is 10.6 Å². The van der Waals surface area contributed by atoms with Crippen molar-refractivity contribution in [3.8, 4) is 5.75 Å². The summed E-state index contributed by atoms with van der Waals surface area (Å²) in [5.41, 5.74) is 0.470. The Labute approximate surface area is 124 Å². The molecule has 2 rings (SSSR count).